The fourth-order valence-corrected chi connectivity index (χ4v) is 10.7. The maximum atomic E-state index is 12.1. The molecule has 0 aliphatic carbocycles. The number of nitrogens with one attached hydrogen (secondary N) is 4. The zero-order valence-corrected chi connectivity index (χ0v) is 60.9. The first-order chi connectivity index (χ1) is 40.7. The summed E-state index contributed by atoms with van der Waals surface area (Å²) in [4.78, 5) is 90.0. The van der Waals surface area contributed by atoms with Crippen molar-refractivity contribution in [1.29, 1.82) is 0 Å². The Morgan fingerprint density at radius 3 is 1.04 bits per heavy atom. The van der Waals surface area contributed by atoms with E-state index in [1.807, 2.05) is 97.3 Å². The Bertz CT molecular complexity index is 4040. The molecule has 0 amide bonds. The van der Waals surface area contributed by atoms with E-state index in [9.17, 15) is 39.6 Å². The number of aromatic nitrogens is 2. The minimum Gasteiger partial charge on any atom is -0.481 e. The Morgan fingerprint density at radius 2 is 0.697 bits per heavy atom. The van der Waals surface area contributed by atoms with Crippen molar-refractivity contribution < 1.29 is 177 Å². The van der Waals surface area contributed by atoms with Gasteiger partial charge < -0.3 is 50.8 Å². The van der Waals surface area contributed by atoms with Crippen LogP contribution < -0.4 is 129 Å². The number of fused-ring (bicyclic) bond motifs is 10. The maximum Gasteiger partial charge on any atom is 2.00 e. The molecule has 0 unspecified atom stereocenters. The van der Waals surface area contributed by atoms with Crippen molar-refractivity contribution in [3.05, 3.63) is 213 Å². The van der Waals surface area contributed by atoms with E-state index in [4.69, 9.17) is 30.0 Å². The van der Waals surface area contributed by atoms with E-state index in [1.54, 1.807) is 48.6 Å². The molecular formula is C64H50N12Na4O8Zn+6. The molecule has 89 heavy (non-hydrogen) atoms. The first kappa shape index (κ1) is 69.7. The molecule has 0 fully saturated rings. The normalized spacial score (nSPS) is 19.3. The van der Waals surface area contributed by atoms with Crippen LogP contribution in [-0.4, -0.2) is 112 Å². The van der Waals surface area contributed by atoms with E-state index in [2.05, 4.69) is 44.3 Å². The number of rotatable bonds is 12. The number of nitrogens with zero attached hydrogens (tertiary/aromatic N) is 8. The second-order valence-corrected chi connectivity index (χ2v) is 20.2. The van der Waals surface area contributed by atoms with Gasteiger partial charge in [-0.05, 0) is 147 Å². The van der Waals surface area contributed by atoms with Crippen LogP contribution in [0.5, 0.6) is 0 Å². The predicted molar refractivity (Wildman–Crippen MR) is 320 cm³/mol. The van der Waals surface area contributed by atoms with Gasteiger partial charge in [0.05, 0.1) is 102 Å². The number of carboxylic acids is 4. The van der Waals surface area contributed by atoms with Crippen LogP contribution in [-0.2, 0) is 38.7 Å². The molecule has 25 heteroatoms. The smallest absolute Gasteiger partial charge is 0.481 e. The van der Waals surface area contributed by atoms with E-state index in [-0.39, 0.29) is 189 Å². The molecule has 0 aromatic carbocycles. The van der Waals surface area contributed by atoms with Gasteiger partial charge in [0.2, 0.25) is 0 Å². The van der Waals surface area contributed by atoms with Crippen LogP contribution in [0.25, 0.3) is 22.3 Å². The standard InChI is InChI=1S/C64H50N12O8.4Na.Zn/c1-75-33-31-65-63(75)61-53-23-19-49(71-53)37(7-27-57(77)78)45-15-11-41(67-45)35(42-12-16-46(68-42)38(8-28-58(79)80)50-20-24-54(61)72-50)5-3-4-6-36-43-13-17-47(69-43)39(9-29-59(81)82)51-21-25-55(73-51)62(64-66-32-34-76(64)2)56-26-22-52(74-56)40(10-30-60(83)84)48-18-14-44(36)70-48;;;;;/h11-26,31-34,65-66,71,73H,7-10,27-30H2,1-2H3,(H,77,78)(H,79,80)(H,81,82)(H,83,84);;;;;/q;4*+1;+2/b42-35?,44-36?,45-37?,47-39?,50-38?,52-40?,63-61+,64-62+;;;;;. The average molecular weight is 1270 g/mol. The fourth-order valence-electron chi connectivity index (χ4n) is 10.7. The first-order valence-corrected chi connectivity index (χ1v) is 26.9. The summed E-state index contributed by atoms with van der Waals surface area (Å²) in [7, 11) is 3.80. The monoisotopic (exact) mass is 1270 g/mol. The van der Waals surface area contributed by atoms with Crippen molar-refractivity contribution in [1.82, 2.24) is 30.4 Å². The van der Waals surface area contributed by atoms with Gasteiger partial charge in [-0.25, -0.2) is 30.0 Å². The molecule has 414 valence electrons. The maximum absolute atomic E-state index is 12.1. The van der Waals surface area contributed by atoms with Gasteiger partial charge >= 0.3 is 162 Å². The summed E-state index contributed by atoms with van der Waals surface area (Å²) in [5.74, 6) is 10.1. The molecular weight excluding hydrogens is 1220 g/mol. The molecule has 2 aromatic rings. The van der Waals surface area contributed by atoms with Crippen LogP contribution in [0.2, 0.25) is 0 Å². The SMILES string of the molecule is CN1C=CN/C1=C1\C2=NC(=C(CCC(=O)O)C3=NC(=C(C#CC#CC4=C5C=CC(=N5)C(CCC(=O)O)=C5C=CC(=N5)/C(=C5\NC=CN5C)c5ccc([nH]5)C(CCC(=O)O)=C5C=CC4=N5)C4=NC(=C(CCC(=O)O)c5ccc1[nH]5)C=C4)C=C3)C=C2.[Na+].[Na+].[Na+].[Na+].[Zn+2]. The predicted octanol–water partition coefficient (Wildman–Crippen LogP) is -3.60. The molecule has 0 saturated heterocycles. The topological polar surface area (TPSA) is 285 Å². The molecule has 0 saturated carbocycles. The van der Waals surface area contributed by atoms with Gasteiger partial charge in [-0.1, -0.05) is 0 Å². The Labute approximate surface area is 613 Å². The van der Waals surface area contributed by atoms with Gasteiger partial charge in [0.25, 0.3) is 0 Å². The summed E-state index contributed by atoms with van der Waals surface area (Å²) in [6.07, 6.45) is 28.9. The Kier molecular flexibility index (Phi) is 23.8. The number of aromatic amines is 2. The number of aliphatic imine (C=N–C) groups is 6. The van der Waals surface area contributed by atoms with Crippen molar-refractivity contribution in [2.24, 2.45) is 30.0 Å². The number of carbonyl (C=O) groups is 4. The van der Waals surface area contributed by atoms with Crippen molar-refractivity contribution in [2.75, 3.05) is 14.1 Å². The average Bonchev–Trinajstić information content (AvgIpc) is 1.74. The molecule has 12 heterocycles. The molecule has 12 rings (SSSR count). The Hall–Kier alpha value is -6.76. The summed E-state index contributed by atoms with van der Waals surface area (Å²) in [6, 6.07) is 7.58. The molecule has 20 nitrogen and oxygen atoms in total. The van der Waals surface area contributed by atoms with Gasteiger partial charge in [-0.3, -0.25) is 19.2 Å². The van der Waals surface area contributed by atoms with Gasteiger partial charge in [0.1, 0.15) is 11.6 Å². The number of carboxylic acid groups (broad SMARTS) is 4. The Morgan fingerprint density at radius 1 is 0.404 bits per heavy atom. The number of aliphatic carboxylic acids is 4. The molecule has 10 aliphatic rings. The van der Waals surface area contributed by atoms with Crippen LogP contribution in [0.15, 0.2) is 220 Å². The van der Waals surface area contributed by atoms with Gasteiger partial charge in [-0.15, -0.1) is 0 Å². The third-order valence-electron chi connectivity index (χ3n) is 14.8. The largest absolute Gasteiger partial charge is 2.00 e. The molecule has 2 aromatic heterocycles. The second-order valence-electron chi connectivity index (χ2n) is 20.2. The number of H-pyrrole nitrogens is 2. The van der Waals surface area contributed by atoms with Crippen molar-refractivity contribution in [3.8, 4) is 23.7 Å². The minimum atomic E-state index is -0.990. The molecule has 10 aliphatic heterocycles. The van der Waals surface area contributed by atoms with E-state index in [1.165, 1.54) is 0 Å². The first-order valence-electron chi connectivity index (χ1n) is 26.9. The molecule has 0 atom stereocenters. The van der Waals surface area contributed by atoms with Crippen LogP contribution in [0.1, 0.15) is 74.1 Å². The third kappa shape index (κ3) is 15.0. The molecule has 0 spiro atoms. The van der Waals surface area contributed by atoms with Crippen molar-refractivity contribution in [3.63, 3.8) is 0 Å². The summed E-state index contributed by atoms with van der Waals surface area (Å²) >= 11 is 0. The number of hydrogen-bond donors (Lipinski definition) is 8. The van der Waals surface area contributed by atoms with E-state index < -0.39 is 23.9 Å². The van der Waals surface area contributed by atoms with Gasteiger partial charge in [0.15, 0.2) is 0 Å². The van der Waals surface area contributed by atoms with Crippen LogP contribution in [0.3, 0.4) is 0 Å². The summed E-state index contributed by atoms with van der Waals surface area (Å²) in [5, 5.41) is 46.4. The van der Waals surface area contributed by atoms with E-state index >= 15 is 0 Å². The zero-order valence-electron chi connectivity index (χ0n) is 49.9. The molecule has 16 bridgehead atoms. The molecule has 0 radical (unpaired) electrons. The Balaban J connectivity index is 0.00000226. The molecule has 8 N–H and O–H groups in total. The third-order valence-corrected chi connectivity index (χ3v) is 14.8. The van der Waals surface area contributed by atoms with Crippen LogP contribution >= 0.6 is 0 Å². The van der Waals surface area contributed by atoms with Crippen LogP contribution in [0, 0.1) is 23.7 Å². The van der Waals surface area contributed by atoms with Gasteiger partial charge in [0, 0.05) is 98.3 Å². The fraction of sp³-hybridized carbons (Fsp3) is 0.156. The van der Waals surface area contributed by atoms with E-state index in [0.717, 1.165) is 22.8 Å². The summed E-state index contributed by atoms with van der Waals surface area (Å²) < 4.78 is 0. The van der Waals surface area contributed by atoms with Crippen molar-refractivity contribution >= 4 is 80.4 Å². The zero-order chi connectivity index (χ0) is 58.2. The number of hydrogen-bond acceptors (Lipinski definition) is 14. The summed E-state index contributed by atoms with van der Waals surface area (Å²) in [6.45, 7) is 0. The van der Waals surface area contributed by atoms with E-state index in [0.29, 0.717) is 125 Å². The summed E-state index contributed by atoms with van der Waals surface area (Å²) in [5.41, 5.74) is 13.2. The quantitative estimate of drug-likeness (QED) is 0.0757. The van der Waals surface area contributed by atoms with Crippen molar-refractivity contribution in [2.45, 2.75) is 51.4 Å². The van der Waals surface area contributed by atoms with Crippen LogP contribution in [0.4, 0.5) is 0 Å². The minimum absolute atomic E-state index is 0. The second kappa shape index (κ2) is 30.4. The van der Waals surface area contributed by atoms with Gasteiger partial charge in [-0.2, -0.15) is 0 Å². The number of allylic oxidation sites excluding steroid dienone is 20.